The van der Waals surface area contributed by atoms with Gasteiger partial charge in [0.25, 0.3) is 0 Å². The Balaban J connectivity index is 3.17. The Morgan fingerprint density at radius 2 is 2.20 bits per heavy atom. The van der Waals surface area contributed by atoms with Gasteiger partial charge in [-0.15, -0.1) is 11.6 Å². The number of hydrogen-bond donors (Lipinski definition) is 0. The minimum absolute atomic E-state index is 0.0909. The lowest BCUT2D eigenvalue weighted by molar-refractivity contribution is -0.110. The van der Waals surface area contributed by atoms with E-state index in [1.807, 2.05) is 0 Å². The molecule has 0 aliphatic rings. The van der Waals surface area contributed by atoms with Crippen molar-refractivity contribution >= 4 is 17.9 Å². The van der Waals surface area contributed by atoms with Gasteiger partial charge in [-0.1, -0.05) is 26.2 Å². The normalized spacial score (nSPS) is 13.0. The van der Waals surface area contributed by atoms with Crippen LogP contribution in [0.15, 0.2) is 0 Å². The molecule has 10 heavy (non-hydrogen) atoms. The fourth-order valence-corrected chi connectivity index (χ4v) is 1.07. The van der Waals surface area contributed by atoms with Crippen molar-refractivity contribution in [3.63, 3.8) is 0 Å². The van der Waals surface area contributed by atoms with E-state index in [2.05, 4.69) is 6.92 Å². The Bertz CT molecular complexity index is 83.3. The van der Waals surface area contributed by atoms with Crippen LogP contribution in [0.3, 0.4) is 0 Å². The second-order valence-corrected chi connectivity index (χ2v) is 2.85. The molecule has 0 saturated heterocycles. The lowest BCUT2D eigenvalue weighted by Crippen LogP contribution is -2.02. The summed E-state index contributed by atoms with van der Waals surface area (Å²) in [5.41, 5.74) is 0. The van der Waals surface area contributed by atoms with Gasteiger partial charge in [-0.05, 0) is 6.42 Å². The van der Waals surface area contributed by atoms with E-state index in [0.717, 1.165) is 19.1 Å². The van der Waals surface area contributed by atoms with E-state index >= 15 is 0 Å². The van der Waals surface area contributed by atoms with Crippen LogP contribution in [0.5, 0.6) is 0 Å². The molecular formula is C8H15ClO. The number of rotatable bonds is 6. The maximum atomic E-state index is 10.2. The van der Waals surface area contributed by atoms with Crippen molar-refractivity contribution in [3.05, 3.63) is 0 Å². The number of halogens is 1. The van der Waals surface area contributed by atoms with Gasteiger partial charge < -0.3 is 4.79 Å². The average molecular weight is 163 g/mol. The van der Waals surface area contributed by atoms with Crippen LogP contribution in [0.4, 0.5) is 0 Å². The van der Waals surface area contributed by atoms with Crippen LogP contribution in [0.25, 0.3) is 0 Å². The van der Waals surface area contributed by atoms with Crippen molar-refractivity contribution in [2.24, 2.45) is 5.92 Å². The Kier molecular flexibility index (Phi) is 7.04. The number of unbranched alkanes of at least 4 members (excludes halogenated alkanes) is 2. The molecule has 2 heteroatoms. The molecule has 0 aromatic heterocycles. The molecule has 0 radical (unpaired) electrons. The summed E-state index contributed by atoms with van der Waals surface area (Å²) in [5, 5.41) is 0. The van der Waals surface area contributed by atoms with E-state index < -0.39 is 0 Å². The molecule has 0 aliphatic heterocycles. The van der Waals surface area contributed by atoms with Crippen LogP contribution >= 0.6 is 11.6 Å². The van der Waals surface area contributed by atoms with E-state index in [9.17, 15) is 4.79 Å². The maximum Gasteiger partial charge on any atom is 0.124 e. The first-order chi connectivity index (χ1) is 4.85. The molecule has 0 heterocycles. The first-order valence-electron chi connectivity index (χ1n) is 3.86. The standard InChI is InChI=1S/C8H15ClO/c1-2-3-4-5-8(6-9)7-10/h7-8H,2-6H2,1H3. The van der Waals surface area contributed by atoms with Gasteiger partial charge >= 0.3 is 0 Å². The molecule has 0 amide bonds. The fraction of sp³-hybridized carbons (Fsp3) is 0.875. The second kappa shape index (κ2) is 7.07. The van der Waals surface area contributed by atoms with Gasteiger partial charge in [-0.3, -0.25) is 0 Å². The van der Waals surface area contributed by atoms with Crippen molar-refractivity contribution in [2.45, 2.75) is 32.6 Å². The van der Waals surface area contributed by atoms with E-state index in [0.29, 0.717) is 5.88 Å². The van der Waals surface area contributed by atoms with Gasteiger partial charge in [-0.2, -0.15) is 0 Å². The van der Waals surface area contributed by atoms with Crippen molar-refractivity contribution in [3.8, 4) is 0 Å². The number of alkyl halides is 1. The Hall–Kier alpha value is -0.0400. The Labute approximate surface area is 67.8 Å². The molecule has 0 aromatic rings. The predicted molar refractivity (Wildman–Crippen MR) is 44.4 cm³/mol. The first-order valence-corrected chi connectivity index (χ1v) is 4.39. The molecule has 1 atom stereocenters. The summed E-state index contributed by atoms with van der Waals surface area (Å²) in [6.45, 7) is 2.15. The van der Waals surface area contributed by atoms with E-state index in [4.69, 9.17) is 11.6 Å². The number of aldehydes is 1. The SMILES string of the molecule is CCCCCC(C=O)CCl. The van der Waals surface area contributed by atoms with Crippen molar-refractivity contribution in [1.29, 1.82) is 0 Å². The highest BCUT2D eigenvalue weighted by atomic mass is 35.5. The summed E-state index contributed by atoms with van der Waals surface area (Å²) in [6, 6.07) is 0. The molecule has 0 rings (SSSR count). The number of carbonyl (C=O) groups excluding carboxylic acids is 1. The molecule has 0 spiro atoms. The maximum absolute atomic E-state index is 10.2. The Morgan fingerprint density at radius 1 is 1.50 bits per heavy atom. The van der Waals surface area contributed by atoms with Crippen LogP contribution in [-0.2, 0) is 4.79 Å². The average Bonchev–Trinajstić information content (AvgIpc) is 1.99. The largest absolute Gasteiger partial charge is 0.303 e. The first kappa shape index (κ1) is 9.96. The lowest BCUT2D eigenvalue weighted by atomic mass is 10.1. The predicted octanol–water partition coefficient (Wildman–Crippen LogP) is 2.62. The number of hydrogen-bond acceptors (Lipinski definition) is 1. The zero-order valence-electron chi connectivity index (χ0n) is 6.48. The van der Waals surface area contributed by atoms with E-state index in [-0.39, 0.29) is 5.92 Å². The molecule has 0 bridgehead atoms. The third kappa shape index (κ3) is 4.80. The van der Waals surface area contributed by atoms with Crippen LogP contribution in [-0.4, -0.2) is 12.2 Å². The van der Waals surface area contributed by atoms with Crippen LogP contribution in [0, 0.1) is 5.92 Å². The molecule has 0 aliphatic carbocycles. The third-order valence-corrected chi connectivity index (χ3v) is 1.97. The number of carbonyl (C=O) groups is 1. The molecular weight excluding hydrogens is 148 g/mol. The highest BCUT2D eigenvalue weighted by molar-refractivity contribution is 6.18. The molecule has 1 nitrogen and oxygen atoms in total. The summed E-state index contributed by atoms with van der Waals surface area (Å²) < 4.78 is 0. The topological polar surface area (TPSA) is 17.1 Å². The zero-order chi connectivity index (χ0) is 7.82. The van der Waals surface area contributed by atoms with Gasteiger partial charge in [0.2, 0.25) is 0 Å². The zero-order valence-corrected chi connectivity index (χ0v) is 7.23. The molecule has 1 unspecified atom stereocenters. The summed E-state index contributed by atoms with van der Waals surface area (Å²) >= 11 is 5.52. The summed E-state index contributed by atoms with van der Waals surface area (Å²) in [7, 11) is 0. The van der Waals surface area contributed by atoms with Crippen LogP contribution in [0.1, 0.15) is 32.6 Å². The van der Waals surface area contributed by atoms with E-state index in [1.165, 1.54) is 12.8 Å². The highest BCUT2D eigenvalue weighted by Gasteiger charge is 2.03. The molecule has 60 valence electrons. The van der Waals surface area contributed by atoms with Crippen molar-refractivity contribution < 1.29 is 4.79 Å². The van der Waals surface area contributed by atoms with Crippen molar-refractivity contribution in [2.75, 3.05) is 5.88 Å². The highest BCUT2D eigenvalue weighted by Crippen LogP contribution is 2.08. The monoisotopic (exact) mass is 162 g/mol. The molecule has 0 N–H and O–H groups in total. The van der Waals surface area contributed by atoms with Gasteiger partial charge in [0.05, 0.1) is 0 Å². The lowest BCUT2D eigenvalue weighted by Gasteiger charge is -2.03. The van der Waals surface area contributed by atoms with Gasteiger partial charge in [0, 0.05) is 11.8 Å². The fourth-order valence-electron chi connectivity index (χ4n) is 0.838. The second-order valence-electron chi connectivity index (χ2n) is 2.55. The molecule has 0 aromatic carbocycles. The quantitative estimate of drug-likeness (QED) is 0.334. The molecule has 0 fully saturated rings. The van der Waals surface area contributed by atoms with E-state index in [1.54, 1.807) is 0 Å². The Morgan fingerprint density at radius 3 is 2.60 bits per heavy atom. The summed E-state index contributed by atoms with van der Waals surface area (Å²) in [5.74, 6) is 0.570. The van der Waals surface area contributed by atoms with Gasteiger partial charge in [0.1, 0.15) is 6.29 Å². The van der Waals surface area contributed by atoms with Crippen molar-refractivity contribution in [1.82, 2.24) is 0 Å². The smallest absolute Gasteiger partial charge is 0.124 e. The minimum Gasteiger partial charge on any atom is -0.303 e. The molecule has 0 saturated carbocycles. The van der Waals surface area contributed by atoms with Gasteiger partial charge in [-0.25, -0.2) is 0 Å². The van der Waals surface area contributed by atoms with Crippen LogP contribution < -0.4 is 0 Å². The van der Waals surface area contributed by atoms with Gasteiger partial charge in [0.15, 0.2) is 0 Å². The third-order valence-electron chi connectivity index (χ3n) is 1.57. The summed E-state index contributed by atoms with van der Waals surface area (Å²) in [4.78, 5) is 10.2. The summed E-state index contributed by atoms with van der Waals surface area (Å²) in [6.07, 6.45) is 5.46. The minimum atomic E-state index is 0.0909. The van der Waals surface area contributed by atoms with Crippen LogP contribution in [0.2, 0.25) is 0 Å².